The summed E-state index contributed by atoms with van der Waals surface area (Å²) < 4.78 is 5.12. The summed E-state index contributed by atoms with van der Waals surface area (Å²) in [5, 5.41) is 9.59. The highest BCUT2D eigenvalue weighted by molar-refractivity contribution is 6.07. The minimum absolute atomic E-state index is 0.0172. The Morgan fingerprint density at radius 3 is 2.32 bits per heavy atom. The SMILES string of the molecule is COc1ccc(/C=C\C(=O)c2ccc(N3CCC(O)CC3)cc2)cc1. The molecule has 0 bridgehead atoms. The molecule has 1 aliphatic rings. The molecule has 2 aromatic rings. The fraction of sp³-hybridized carbons (Fsp3) is 0.286. The van der Waals surface area contributed by atoms with Crippen LogP contribution < -0.4 is 9.64 Å². The molecule has 1 aliphatic heterocycles. The minimum atomic E-state index is -0.180. The maximum atomic E-state index is 12.3. The zero-order valence-corrected chi connectivity index (χ0v) is 14.4. The van der Waals surface area contributed by atoms with E-state index >= 15 is 0 Å². The predicted molar refractivity (Wildman–Crippen MR) is 100 cm³/mol. The number of hydrogen-bond acceptors (Lipinski definition) is 4. The maximum Gasteiger partial charge on any atom is 0.185 e. The van der Waals surface area contributed by atoms with Gasteiger partial charge >= 0.3 is 0 Å². The van der Waals surface area contributed by atoms with E-state index in [1.807, 2.05) is 54.6 Å². The van der Waals surface area contributed by atoms with Gasteiger partial charge in [0.2, 0.25) is 0 Å². The van der Waals surface area contributed by atoms with Crippen molar-refractivity contribution >= 4 is 17.5 Å². The Kier molecular flexibility index (Phi) is 5.51. The molecular formula is C21H23NO3. The quantitative estimate of drug-likeness (QED) is 0.669. The van der Waals surface area contributed by atoms with Gasteiger partial charge in [-0.25, -0.2) is 0 Å². The van der Waals surface area contributed by atoms with Crippen molar-refractivity contribution in [2.45, 2.75) is 18.9 Å². The van der Waals surface area contributed by atoms with Crippen molar-refractivity contribution in [1.82, 2.24) is 0 Å². The van der Waals surface area contributed by atoms with Crippen LogP contribution in [-0.4, -0.2) is 37.2 Å². The van der Waals surface area contributed by atoms with Gasteiger partial charge in [0.1, 0.15) is 5.75 Å². The van der Waals surface area contributed by atoms with Crippen molar-refractivity contribution in [2.24, 2.45) is 0 Å². The smallest absolute Gasteiger partial charge is 0.185 e. The normalized spacial score (nSPS) is 15.5. The van der Waals surface area contributed by atoms with Gasteiger partial charge in [-0.1, -0.05) is 18.2 Å². The van der Waals surface area contributed by atoms with Crippen molar-refractivity contribution in [3.63, 3.8) is 0 Å². The van der Waals surface area contributed by atoms with E-state index in [4.69, 9.17) is 4.74 Å². The monoisotopic (exact) mass is 337 g/mol. The summed E-state index contributed by atoms with van der Waals surface area (Å²) in [5.74, 6) is 0.778. The van der Waals surface area contributed by atoms with Crippen molar-refractivity contribution < 1.29 is 14.6 Å². The van der Waals surface area contributed by atoms with Crippen LogP contribution in [0.4, 0.5) is 5.69 Å². The van der Waals surface area contributed by atoms with Gasteiger partial charge in [-0.3, -0.25) is 4.79 Å². The molecule has 4 heteroatoms. The number of rotatable bonds is 5. The number of piperidine rings is 1. The van der Waals surface area contributed by atoms with Gasteiger partial charge in [-0.15, -0.1) is 0 Å². The van der Waals surface area contributed by atoms with Gasteiger partial charge in [0.25, 0.3) is 0 Å². The van der Waals surface area contributed by atoms with Crippen molar-refractivity contribution in [3.8, 4) is 5.75 Å². The molecule has 1 saturated heterocycles. The van der Waals surface area contributed by atoms with E-state index < -0.39 is 0 Å². The first-order chi connectivity index (χ1) is 12.2. The van der Waals surface area contributed by atoms with Crippen molar-refractivity contribution in [1.29, 1.82) is 0 Å². The fourth-order valence-corrected chi connectivity index (χ4v) is 2.94. The van der Waals surface area contributed by atoms with Gasteiger partial charge in [0, 0.05) is 24.3 Å². The molecule has 0 radical (unpaired) electrons. The summed E-state index contributed by atoms with van der Waals surface area (Å²) in [6.07, 6.45) is 4.81. The largest absolute Gasteiger partial charge is 0.497 e. The number of aliphatic hydroxyl groups excluding tert-OH is 1. The Morgan fingerprint density at radius 2 is 1.72 bits per heavy atom. The van der Waals surface area contributed by atoms with Crippen LogP contribution in [0.2, 0.25) is 0 Å². The summed E-state index contributed by atoms with van der Waals surface area (Å²) in [6.45, 7) is 1.71. The van der Waals surface area contributed by atoms with Crippen LogP contribution >= 0.6 is 0 Å². The molecule has 4 nitrogen and oxygen atoms in total. The highest BCUT2D eigenvalue weighted by atomic mass is 16.5. The number of allylic oxidation sites excluding steroid dienone is 1. The highest BCUT2D eigenvalue weighted by Crippen LogP contribution is 2.21. The molecule has 25 heavy (non-hydrogen) atoms. The summed E-state index contributed by atoms with van der Waals surface area (Å²) in [7, 11) is 1.63. The third-order valence-electron chi connectivity index (χ3n) is 4.52. The number of methoxy groups -OCH3 is 1. The molecule has 0 atom stereocenters. The summed E-state index contributed by atoms with van der Waals surface area (Å²) >= 11 is 0. The third-order valence-corrected chi connectivity index (χ3v) is 4.52. The molecule has 130 valence electrons. The molecule has 1 N–H and O–H groups in total. The molecule has 3 rings (SSSR count). The van der Waals surface area contributed by atoms with E-state index in [0.717, 1.165) is 42.9 Å². The number of ether oxygens (including phenoxy) is 1. The Balaban J connectivity index is 1.63. The Hall–Kier alpha value is -2.59. The van der Waals surface area contributed by atoms with E-state index in [1.54, 1.807) is 13.2 Å². The first-order valence-corrected chi connectivity index (χ1v) is 8.55. The highest BCUT2D eigenvalue weighted by Gasteiger charge is 2.17. The molecule has 1 fully saturated rings. The minimum Gasteiger partial charge on any atom is -0.497 e. The van der Waals surface area contributed by atoms with E-state index in [2.05, 4.69) is 4.90 Å². The average Bonchev–Trinajstić information content (AvgIpc) is 2.67. The number of anilines is 1. The van der Waals surface area contributed by atoms with Gasteiger partial charge in [-0.05, 0) is 60.9 Å². The maximum absolute atomic E-state index is 12.3. The van der Waals surface area contributed by atoms with Crippen LogP contribution in [0.15, 0.2) is 54.6 Å². The lowest BCUT2D eigenvalue weighted by atomic mass is 10.1. The lowest BCUT2D eigenvalue weighted by molar-refractivity contribution is 0.104. The number of hydrogen-bond donors (Lipinski definition) is 1. The summed E-state index contributed by atoms with van der Waals surface area (Å²) in [5.41, 5.74) is 2.73. The van der Waals surface area contributed by atoms with E-state index in [9.17, 15) is 9.90 Å². The second-order valence-electron chi connectivity index (χ2n) is 6.24. The molecule has 0 aliphatic carbocycles. The predicted octanol–water partition coefficient (Wildman–Crippen LogP) is 3.55. The first-order valence-electron chi connectivity index (χ1n) is 8.55. The molecule has 1 heterocycles. The van der Waals surface area contributed by atoms with Gasteiger partial charge in [-0.2, -0.15) is 0 Å². The van der Waals surface area contributed by atoms with Gasteiger partial charge in [0.05, 0.1) is 13.2 Å². The number of ketones is 1. The fourth-order valence-electron chi connectivity index (χ4n) is 2.94. The lowest BCUT2D eigenvalue weighted by Crippen LogP contribution is -2.35. The zero-order chi connectivity index (χ0) is 17.6. The average molecular weight is 337 g/mol. The van der Waals surface area contributed by atoms with E-state index in [-0.39, 0.29) is 11.9 Å². The van der Waals surface area contributed by atoms with Gasteiger partial charge < -0.3 is 14.7 Å². The molecule has 0 saturated carbocycles. The van der Waals surface area contributed by atoms with Crippen LogP contribution in [0.25, 0.3) is 6.08 Å². The standard InChI is InChI=1S/C21H23NO3/c1-25-20-9-2-16(3-10-20)4-11-21(24)17-5-7-18(8-6-17)22-14-12-19(23)13-15-22/h2-11,19,23H,12-15H2,1H3/b11-4-. The van der Waals surface area contributed by atoms with Crippen LogP contribution in [0.3, 0.4) is 0 Å². The number of carbonyl (C=O) groups excluding carboxylic acids is 1. The Bertz CT molecular complexity index is 727. The summed E-state index contributed by atoms with van der Waals surface area (Å²) in [4.78, 5) is 14.6. The second-order valence-corrected chi connectivity index (χ2v) is 6.24. The summed E-state index contributed by atoms with van der Waals surface area (Å²) in [6, 6.07) is 15.2. The lowest BCUT2D eigenvalue weighted by Gasteiger charge is -2.31. The van der Waals surface area contributed by atoms with Crippen molar-refractivity contribution in [2.75, 3.05) is 25.1 Å². The molecule has 0 amide bonds. The number of aliphatic hydroxyl groups is 1. The third kappa shape index (κ3) is 4.48. The van der Waals surface area contributed by atoms with E-state index in [0.29, 0.717) is 5.56 Å². The van der Waals surface area contributed by atoms with Crippen LogP contribution in [0, 0.1) is 0 Å². The number of benzene rings is 2. The number of carbonyl (C=O) groups is 1. The molecule has 2 aromatic carbocycles. The second kappa shape index (κ2) is 7.99. The van der Waals surface area contributed by atoms with Crippen LogP contribution in [0.5, 0.6) is 5.75 Å². The molecule has 0 unspecified atom stereocenters. The van der Waals surface area contributed by atoms with Crippen LogP contribution in [0.1, 0.15) is 28.8 Å². The molecule has 0 aromatic heterocycles. The first kappa shape index (κ1) is 17.2. The topological polar surface area (TPSA) is 49.8 Å². The number of nitrogens with zero attached hydrogens (tertiary/aromatic N) is 1. The van der Waals surface area contributed by atoms with E-state index in [1.165, 1.54) is 0 Å². The van der Waals surface area contributed by atoms with Crippen LogP contribution in [-0.2, 0) is 0 Å². The zero-order valence-electron chi connectivity index (χ0n) is 14.4. The Labute approximate surface area is 148 Å². The molecule has 0 spiro atoms. The molecular weight excluding hydrogens is 314 g/mol. The van der Waals surface area contributed by atoms with Crippen molar-refractivity contribution in [3.05, 3.63) is 65.7 Å². The Morgan fingerprint density at radius 1 is 1.08 bits per heavy atom. The van der Waals surface area contributed by atoms with Gasteiger partial charge in [0.15, 0.2) is 5.78 Å².